The molecule has 0 atom stereocenters. The van der Waals surface area contributed by atoms with Gasteiger partial charge in [0.05, 0.1) is 17.9 Å². The maximum Gasteiger partial charge on any atom is 0.101 e. The molecule has 1 aliphatic carbocycles. The third kappa shape index (κ3) is 2.83. The van der Waals surface area contributed by atoms with E-state index in [4.69, 9.17) is 5.26 Å². The first-order valence-electron chi connectivity index (χ1n) is 6.63. The molecule has 0 bridgehead atoms. The Morgan fingerprint density at radius 1 is 1.22 bits per heavy atom. The van der Waals surface area contributed by atoms with Crippen molar-refractivity contribution in [1.82, 2.24) is 0 Å². The Kier molecular flexibility index (Phi) is 4.22. The fraction of sp³-hybridized carbons (Fsp3) is 0.533. The first-order valence-corrected chi connectivity index (χ1v) is 6.63. The minimum absolute atomic E-state index is 0.000811. The third-order valence-corrected chi connectivity index (χ3v) is 3.95. The first kappa shape index (κ1) is 12.9. The Balaban J connectivity index is 2.03. The minimum Gasteiger partial charge on any atom is -0.396 e. The van der Waals surface area contributed by atoms with Gasteiger partial charge in [-0.05, 0) is 25.0 Å². The summed E-state index contributed by atoms with van der Waals surface area (Å²) in [7, 11) is 0. The molecule has 0 saturated heterocycles. The van der Waals surface area contributed by atoms with E-state index < -0.39 is 0 Å². The van der Waals surface area contributed by atoms with E-state index in [0.29, 0.717) is 5.56 Å². The van der Waals surface area contributed by atoms with Crippen LogP contribution in [0.4, 0.5) is 5.69 Å². The highest BCUT2D eigenvalue weighted by Crippen LogP contribution is 2.36. The molecular formula is C15H20N2O. The van der Waals surface area contributed by atoms with Gasteiger partial charge in [-0.2, -0.15) is 5.26 Å². The van der Waals surface area contributed by atoms with E-state index in [2.05, 4.69) is 11.4 Å². The van der Waals surface area contributed by atoms with Crippen molar-refractivity contribution in [2.45, 2.75) is 32.1 Å². The summed E-state index contributed by atoms with van der Waals surface area (Å²) in [4.78, 5) is 0. The summed E-state index contributed by atoms with van der Waals surface area (Å²) in [5, 5.41) is 22.0. The molecule has 2 N–H and O–H groups in total. The highest BCUT2D eigenvalue weighted by molar-refractivity contribution is 5.57. The van der Waals surface area contributed by atoms with Crippen molar-refractivity contribution in [2.24, 2.45) is 5.41 Å². The zero-order chi connectivity index (χ0) is 12.8. The normalized spacial score (nSPS) is 18.0. The van der Waals surface area contributed by atoms with Crippen molar-refractivity contribution in [1.29, 1.82) is 5.26 Å². The molecule has 3 heteroatoms. The van der Waals surface area contributed by atoms with Gasteiger partial charge in [-0.25, -0.2) is 0 Å². The molecule has 1 aromatic carbocycles. The summed E-state index contributed by atoms with van der Waals surface area (Å²) in [6, 6.07) is 9.72. The maximum atomic E-state index is 9.64. The van der Waals surface area contributed by atoms with Crippen molar-refractivity contribution in [3.05, 3.63) is 29.8 Å². The van der Waals surface area contributed by atoms with Crippen LogP contribution >= 0.6 is 0 Å². The number of rotatable bonds is 4. The van der Waals surface area contributed by atoms with Crippen molar-refractivity contribution >= 4 is 5.69 Å². The van der Waals surface area contributed by atoms with Gasteiger partial charge in [0, 0.05) is 12.0 Å². The Hall–Kier alpha value is -1.53. The molecule has 0 unspecified atom stereocenters. The van der Waals surface area contributed by atoms with Gasteiger partial charge >= 0.3 is 0 Å². The lowest BCUT2D eigenvalue weighted by molar-refractivity contribution is 0.0944. The average molecular weight is 244 g/mol. The zero-order valence-corrected chi connectivity index (χ0v) is 10.7. The number of benzene rings is 1. The van der Waals surface area contributed by atoms with Crippen LogP contribution in [0.1, 0.15) is 37.7 Å². The van der Waals surface area contributed by atoms with E-state index in [9.17, 15) is 5.11 Å². The molecule has 0 heterocycles. The van der Waals surface area contributed by atoms with Gasteiger partial charge in [0.1, 0.15) is 6.07 Å². The number of hydrogen-bond donors (Lipinski definition) is 2. The van der Waals surface area contributed by atoms with Crippen molar-refractivity contribution in [2.75, 3.05) is 18.5 Å². The first-order chi connectivity index (χ1) is 8.79. The van der Waals surface area contributed by atoms with Crippen molar-refractivity contribution < 1.29 is 5.11 Å². The van der Waals surface area contributed by atoms with Gasteiger partial charge < -0.3 is 10.4 Å². The Morgan fingerprint density at radius 2 is 1.94 bits per heavy atom. The molecule has 1 aliphatic rings. The lowest BCUT2D eigenvalue weighted by Crippen LogP contribution is -2.35. The minimum atomic E-state index is 0.000811. The van der Waals surface area contributed by atoms with Gasteiger partial charge in [-0.3, -0.25) is 0 Å². The smallest absolute Gasteiger partial charge is 0.101 e. The van der Waals surface area contributed by atoms with Gasteiger partial charge in [-0.15, -0.1) is 0 Å². The second-order valence-electron chi connectivity index (χ2n) is 5.23. The number of nitrogens with zero attached hydrogens (tertiary/aromatic N) is 1. The van der Waals surface area contributed by atoms with Crippen LogP contribution in [0, 0.1) is 16.7 Å². The van der Waals surface area contributed by atoms with E-state index in [1.54, 1.807) is 0 Å². The number of nitriles is 1. The van der Waals surface area contributed by atoms with E-state index >= 15 is 0 Å². The molecule has 0 aliphatic heterocycles. The monoisotopic (exact) mass is 244 g/mol. The van der Waals surface area contributed by atoms with Gasteiger partial charge in [-0.1, -0.05) is 31.4 Å². The summed E-state index contributed by atoms with van der Waals surface area (Å²) < 4.78 is 0. The van der Waals surface area contributed by atoms with Crippen LogP contribution in [0.2, 0.25) is 0 Å². The molecule has 1 fully saturated rings. The third-order valence-electron chi connectivity index (χ3n) is 3.95. The predicted octanol–water partition coefficient (Wildman–Crippen LogP) is 2.91. The molecule has 0 amide bonds. The van der Waals surface area contributed by atoms with Crippen LogP contribution in [0.5, 0.6) is 0 Å². The van der Waals surface area contributed by atoms with E-state index in [0.717, 1.165) is 25.1 Å². The van der Waals surface area contributed by atoms with Crippen LogP contribution in [0.25, 0.3) is 0 Å². The molecule has 3 nitrogen and oxygen atoms in total. The van der Waals surface area contributed by atoms with Gasteiger partial charge in [0.2, 0.25) is 0 Å². The maximum absolute atomic E-state index is 9.64. The highest BCUT2D eigenvalue weighted by Gasteiger charge is 2.31. The SMILES string of the molecule is N#Cc1ccccc1NCC1(CO)CCCCC1. The lowest BCUT2D eigenvalue weighted by atomic mass is 9.74. The van der Waals surface area contributed by atoms with Gasteiger partial charge in [0.15, 0.2) is 0 Å². The fourth-order valence-corrected chi connectivity index (χ4v) is 2.71. The fourth-order valence-electron chi connectivity index (χ4n) is 2.71. The molecule has 1 aromatic rings. The summed E-state index contributed by atoms with van der Waals surface area (Å²) in [5.74, 6) is 0. The average Bonchev–Trinajstić information content (AvgIpc) is 2.46. The largest absolute Gasteiger partial charge is 0.396 e. The molecule has 1 saturated carbocycles. The second kappa shape index (κ2) is 5.88. The topological polar surface area (TPSA) is 56.0 Å². The summed E-state index contributed by atoms with van der Waals surface area (Å²) in [6.45, 7) is 0.983. The molecule has 96 valence electrons. The molecule has 18 heavy (non-hydrogen) atoms. The number of aliphatic hydroxyl groups excluding tert-OH is 1. The quantitative estimate of drug-likeness (QED) is 0.856. The number of hydrogen-bond acceptors (Lipinski definition) is 3. The van der Waals surface area contributed by atoms with E-state index in [-0.39, 0.29) is 12.0 Å². The molecule has 0 radical (unpaired) electrons. The van der Waals surface area contributed by atoms with Crippen LogP contribution in [-0.2, 0) is 0 Å². The number of para-hydroxylation sites is 1. The van der Waals surface area contributed by atoms with Gasteiger partial charge in [0.25, 0.3) is 0 Å². The summed E-state index contributed by atoms with van der Waals surface area (Å²) in [6.07, 6.45) is 5.82. The lowest BCUT2D eigenvalue weighted by Gasteiger charge is -2.36. The zero-order valence-electron chi connectivity index (χ0n) is 10.7. The van der Waals surface area contributed by atoms with E-state index in [1.807, 2.05) is 24.3 Å². The summed E-state index contributed by atoms with van der Waals surface area (Å²) in [5.41, 5.74) is 1.54. The van der Waals surface area contributed by atoms with E-state index in [1.165, 1.54) is 19.3 Å². The number of nitrogens with one attached hydrogen (secondary N) is 1. The Morgan fingerprint density at radius 3 is 2.61 bits per heavy atom. The standard InChI is InChI=1S/C15H20N2O/c16-10-13-6-2-3-7-14(13)17-11-15(12-18)8-4-1-5-9-15/h2-3,6-7,17-18H,1,4-5,8-9,11-12H2. The van der Waals surface area contributed by atoms with Crippen LogP contribution in [0.3, 0.4) is 0 Å². The molecular weight excluding hydrogens is 224 g/mol. The van der Waals surface area contributed by atoms with Crippen LogP contribution in [0.15, 0.2) is 24.3 Å². The van der Waals surface area contributed by atoms with Crippen LogP contribution in [-0.4, -0.2) is 18.3 Å². The Labute approximate surface area is 108 Å². The second-order valence-corrected chi connectivity index (χ2v) is 5.23. The van der Waals surface area contributed by atoms with Crippen molar-refractivity contribution in [3.63, 3.8) is 0 Å². The number of anilines is 1. The molecule has 2 rings (SSSR count). The van der Waals surface area contributed by atoms with Crippen molar-refractivity contribution in [3.8, 4) is 6.07 Å². The Bertz CT molecular complexity index is 430. The molecule has 0 spiro atoms. The summed E-state index contributed by atoms with van der Waals surface area (Å²) >= 11 is 0. The highest BCUT2D eigenvalue weighted by atomic mass is 16.3. The predicted molar refractivity (Wildman–Crippen MR) is 72.3 cm³/mol. The number of aliphatic hydroxyl groups is 1. The molecule has 0 aromatic heterocycles. The van der Waals surface area contributed by atoms with Crippen LogP contribution < -0.4 is 5.32 Å².